The van der Waals surface area contributed by atoms with Crippen LogP contribution in [-0.4, -0.2) is 21.6 Å². The maximum absolute atomic E-state index is 11.6. The number of hydrogen-bond donors (Lipinski definition) is 2. The molecule has 3 aromatic carbocycles. The molecule has 0 aliphatic carbocycles. The molecule has 0 spiro atoms. The number of fused-ring (bicyclic) bond motifs is 1. The Hall–Kier alpha value is -4.84. The maximum atomic E-state index is 11.6. The molecule has 218 valence electrons. The topological polar surface area (TPSA) is 118 Å². The summed E-state index contributed by atoms with van der Waals surface area (Å²) in [6.45, 7) is 5.80. The Kier molecular flexibility index (Phi) is 8.67. The van der Waals surface area contributed by atoms with Crippen LogP contribution in [0.1, 0.15) is 41.7 Å². The third kappa shape index (κ3) is 6.81. The Morgan fingerprint density at radius 3 is 2.65 bits per heavy atom. The van der Waals surface area contributed by atoms with E-state index in [0.29, 0.717) is 33.2 Å². The molecule has 8 nitrogen and oxygen atoms in total. The van der Waals surface area contributed by atoms with Crippen LogP contribution in [0.15, 0.2) is 83.7 Å². The van der Waals surface area contributed by atoms with Crippen molar-refractivity contribution in [3.63, 3.8) is 0 Å². The SMILES string of the molecule is Cc1c(COc2cc(OCc3cncc(C#N)c3)c(CNC(C)(C)C(=O)O)cc2Cl)cccc1-c1ccc2ccoc2c1. The third-order valence-corrected chi connectivity index (χ3v) is 7.58. The van der Waals surface area contributed by atoms with Crippen molar-refractivity contribution in [1.29, 1.82) is 5.26 Å². The molecule has 0 atom stereocenters. The van der Waals surface area contributed by atoms with Crippen LogP contribution in [-0.2, 0) is 24.6 Å². The Morgan fingerprint density at radius 2 is 1.86 bits per heavy atom. The van der Waals surface area contributed by atoms with Crippen LogP contribution < -0.4 is 14.8 Å². The summed E-state index contributed by atoms with van der Waals surface area (Å²) in [4.78, 5) is 15.7. The van der Waals surface area contributed by atoms with Gasteiger partial charge in [-0.15, -0.1) is 0 Å². The minimum absolute atomic E-state index is 0.139. The van der Waals surface area contributed by atoms with E-state index in [4.69, 9.17) is 25.5 Å². The molecular formula is C34H30ClN3O5. The number of carbonyl (C=O) groups is 1. The number of carboxylic acids is 1. The van der Waals surface area contributed by atoms with Gasteiger partial charge < -0.3 is 19.0 Å². The van der Waals surface area contributed by atoms with Crippen molar-refractivity contribution >= 4 is 28.5 Å². The van der Waals surface area contributed by atoms with Crippen molar-refractivity contribution in [2.24, 2.45) is 0 Å². The number of aromatic nitrogens is 1. The molecule has 9 heteroatoms. The van der Waals surface area contributed by atoms with Gasteiger partial charge in [-0.3, -0.25) is 15.1 Å². The maximum Gasteiger partial charge on any atom is 0.323 e. The molecule has 5 rings (SSSR count). The molecule has 0 saturated carbocycles. The second-order valence-corrected chi connectivity index (χ2v) is 11.1. The standard InChI is InChI=1S/C34H30ClN3O5/c1-21-26(5-4-6-28(21)25-8-7-24-9-10-41-30(24)13-25)20-43-32-14-31(42-19-23-11-22(15-36)16-37-17-23)27(12-29(32)35)18-38-34(2,3)33(39)40/h4-14,16-17,38H,18-20H2,1-3H3,(H,39,40). The molecule has 0 aliphatic heterocycles. The zero-order chi connectivity index (χ0) is 30.6. The molecule has 0 amide bonds. The molecule has 43 heavy (non-hydrogen) atoms. The number of pyridine rings is 1. The zero-order valence-electron chi connectivity index (χ0n) is 24.0. The molecule has 0 unspecified atom stereocenters. The van der Waals surface area contributed by atoms with E-state index >= 15 is 0 Å². The normalized spacial score (nSPS) is 11.3. The highest BCUT2D eigenvalue weighted by molar-refractivity contribution is 6.32. The number of nitrogens with zero attached hydrogens (tertiary/aromatic N) is 2. The van der Waals surface area contributed by atoms with E-state index < -0.39 is 11.5 Å². The number of aliphatic carboxylic acids is 1. The summed E-state index contributed by atoms with van der Waals surface area (Å²) in [7, 11) is 0. The number of carboxylic acid groups (broad SMARTS) is 1. The number of nitrogens with one attached hydrogen (secondary N) is 1. The summed E-state index contributed by atoms with van der Waals surface area (Å²) in [5.74, 6) is -0.0987. The molecular weight excluding hydrogens is 566 g/mol. The quantitative estimate of drug-likeness (QED) is 0.162. The minimum Gasteiger partial charge on any atom is -0.488 e. The van der Waals surface area contributed by atoms with E-state index in [9.17, 15) is 15.2 Å². The number of benzene rings is 3. The fourth-order valence-corrected chi connectivity index (χ4v) is 4.81. The van der Waals surface area contributed by atoms with Gasteiger partial charge in [0, 0.05) is 41.5 Å². The van der Waals surface area contributed by atoms with Gasteiger partial charge in [0.05, 0.1) is 16.8 Å². The first-order valence-corrected chi connectivity index (χ1v) is 14.0. The van der Waals surface area contributed by atoms with E-state index in [1.807, 2.05) is 30.3 Å². The number of furan rings is 1. The largest absolute Gasteiger partial charge is 0.488 e. The minimum atomic E-state index is -1.17. The average Bonchev–Trinajstić information content (AvgIpc) is 3.47. The van der Waals surface area contributed by atoms with Crippen LogP contribution in [0.4, 0.5) is 0 Å². The molecule has 0 saturated heterocycles. The lowest BCUT2D eigenvalue weighted by molar-refractivity contribution is -0.143. The lowest BCUT2D eigenvalue weighted by Gasteiger charge is -2.23. The van der Waals surface area contributed by atoms with Crippen molar-refractivity contribution < 1.29 is 23.8 Å². The van der Waals surface area contributed by atoms with Gasteiger partial charge in [-0.1, -0.05) is 41.9 Å². The molecule has 2 heterocycles. The number of halogens is 1. The second-order valence-electron chi connectivity index (χ2n) is 10.7. The van der Waals surface area contributed by atoms with E-state index in [1.165, 1.54) is 6.20 Å². The highest BCUT2D eigenvalue weighted by Crippen LogP contribution is 2.35. The van der Waals surface area contributed by atoms with Crippen LogP contribution in [0.25, 0.3) is 22.1 Å². The van der Waals surface area contributed by atoms with Crippen LogP contribution >= 0.6 is 11.6 Å². The Bertz CT molecular complexity index is 1840. The highest BCUT2D eigenvalue weighted by Gasteiger charge is 2.27. The molecule has 0 radical (unpaired) electrons. The summed E-state index contributed by atoms with van der Waals surface area (Å²) in [6, 6.07) is 21.3. The van der Waals surface area contributed by atoms with Crippen LogP contribution in [0.3, 0.4) is 0 Å². The monoisotopic (exact) mass is 595 g/mol. The Labute approximate surface area is 254 Å². The second kappa shape index (κ2) is 12.6. The van der Waals surface area contributed by atoms with Gasteiger partial charge in [-0.25, -0.2) is 0 Å². The first kappa shape index (κ1) is 29.6. The van der Waals surface area contributed by atoms with Crippen LogP contribution in [0, 0.1) is 18.3 Å². The van der Waals surface area contributed by atoms with Crippen LogP contribution in [0.2, 0.25) is 5.02 Å². The van der Waals surface area contributed by atoms with Crippen LogP contribution in [0.5, 0.6) is 11.5 Å². The summed E-state index contributed by atoms with van der Waals surface area (Å²) in [5.41, 5.74) is 5.63. The fourth-order valence-electron chi connectivity index (χ4n) is 4.57. The molecule has 2 N–H and O–H groups in total. The van der Waals surface area contributed by atoms with E-state index in [-0.39, 0.29) is 19.8 Å². The van der Waals surface area contributed by atoms with Gasteiger partial charge in [0.25, 0.3) is 0 Å². The van der Waals surface area contributed by atoms with Crippen molar-refractivity contribution in [3.05, 3.63) is 112 Å². The van der Waals surface area contributed by atoms with Crippen molar-refractivity contribution in [2.45, 2.75) is 46.1 Å². The number of ether oxygens (including phenoxy) is 2. The summed E-state index contributed by atoms with van der Waals surface area (Å²) in [6.07, 6.45) is 4.79. The molecule has 2 aromatic heterocycles. The van der Waals surface area contributed by atoms with Gasteiger partial charge in [0.1, 0.15) is 41.9 Å². The Balaban J connectivity index is 1.39. The smallest absolute Gasteiger partial charge is 0.323 e. The predicted octanol–water partition coefficient (Wildman–Crippen LogP) is 7.44. The average molecular weight is 596 g/mol. The lowest BCUT2D eigenvalue weighted by Crippen LogP contribution is -2.46. The van der Waals surface area contributed by atoms with E-state index in [1.54, 1.807) is 44.5 Å². The first-order chi connectivity index (χ1) is 20.6. The van der Waals surface area contributed by atoms with Gasteiger partial charge in [0.15, 0.2) is 0 Å². The zero-order valence-corrected chi connectivity index (χ0v) is 24.7. The lowest BCUT2D eigenvalue weighted by atomic mass is 9.96. The first-order valence-electron chi connectivity index (χ1n) is 13.6. The van der Waals surface area contributed by atoms with Gasteiger partial charge in [-0.05, 0) is 67.3 Å². The van der Waals surface area contributed by atoms with E-state index in [0.717, 1.165) is 33.2 Å². The van der Waals surface area contributed by atoms with E-state index in [2.05, 4.69) is 35.4 Å². The van der Waals surface area contributed by atoms with Gasteiger partial charge in [0.2, 0.25) is 0 Å². The third-order valence-electron chi connectivity index (χ3n) is 7.29. The molecule has 5 aromatic rings. The molecule has 0 bridgehead atoms. The number of nitriles is 1. The Morgan fingerprint density at radius 1 is 1.05 bits per heavy atom. The van der Waals surface area contributed by atoms with Gasteiger partial charge >= 0.3 is 5.97 Å². The summed E-state index contributed by atoms with van der Waals surface area (Å²) >= 11 is 6.67. The predicted molar refractivity (Wildman–Crippen MR) is 164 cm³/mol. The number of rotatable bonds is 11. The highest BCUT2D eigenvalue weighted by atomic mass is 35.5. The summed E-state index contributed by atoms with van der Waals surface area (Å²) in [5, 5.41) is 23.2. The van der Waals surface area contributed by atoms with Crippen molar-refractivity contribution in [2.75, 3.05) is 0 Å². The fraction of sp³-hybridized carbons (Fsp3) is 0.206. The van der Waals surface area contributed by atoms with Crippen molar-refractivity contribution in [3.8, 4) is 28.7 Å². The van der Waals surface area contributed by atoms with Crippen molar-refractivity contribution in [1.82, 2.24) is 10.3 Å². The van der Waals surface area contributed by atoms with Gasteiger partial charge in [-0.2, -0.15) is 5.26 Å². The molecule has 0 aliphatic rings. The molecule has 0 fully saturated rings. The number of hydrogen-bond acceptors (Lipinski definition) is 7. The summed E-state index contributed by atoms with van der Waals surface area (Å²) < 4.78 is 18.0.